The Morgan fingerprint density at radius 2 is 1.85 bits per heavy atom. The lowest BCUT2D eigenvalue weighted by atomic mass is 10.0. The molecule has 1 amide bonds. The third kappa shape index (κ3) is 3.23. The molecule has 110 valence electrons. The Morgan fingerprint density at radius 1 is 1.30 bits per heavy atom. The molecule has 0 fully saturated rings. The zero-order chi connectivity index (χ0) is 15.3. The molecular weight excluding hydrogens is 292 g/mol. The van der Waals surface area contributed by atoms with E-state index in [1.807, 2.05) is 0 Å². The normalized spacial score (nSPS) is 11.2. The van der Waals surface area contributed by atoms with E-state index in [-0.39, 0.29) is 10.6 Å². The predicted molar refractivity (Wildman–Crippen MR) is 69.6 cm³/mol. The number of carbonyl (C=O) groups excluding carboxylic acids is 1. The lowest BCUT2D eigenvalue weighted by molar-refractivity contribution is -0.384. The third-order valence-corrected chi connectivity index (χ3v) is 3.10. The monoisotopic (exact) mass is 304 g/mol. The Kier molecular flexibility index (Phi) is 5.40. The number of rotatable bonds is 6. The number of nitro benzene ring substituents is 1. The SMILES string of the molecule is O=C(NC(CO)(CO)CO)c1cccc([N+](=O)[O-])c1Cl. The van der Waals surface area contributed by atoms with Crippen molar-refractivity contribution in [3.8, 4) is 0 Å². The van der Waals surface area contributed by atoms with E-state index in [0.29, 0.717) is 0 Å². The minimum Gasteiger partial charge on any atom is -0.394 e. The maximum absolute atomic E-state index is 12.0. The molecule has 0 aromatic heterocycles. The molecule has 0 radical (unpaired) electrons. The average molecular weight is 305 g/mol. The number of benzene rings is 1. The first-order valence-electron chi connectivity index (χ1n) is 5.49. The summed E-state index contributed by atoms with van der Waals surface area (Å²) in [7, 11) is 0. The summed E-state index contributed by atoms with van der Waals surface area (Å²) in [5.41, 5.74) is -2.27. The highest BCUT2D eigenvalue weighted by molar-refractivity contribution is 6.35. The van der Waals surface area contributed by atoms with E-state index in [4.69, 9.17) is 26.9 Å². The summed E-state index contributed by atoms with van der Waals surface area (Å²) in [5, 5.41) is 39.9. The Balaban J connectivity index is 3.10. The number of hydrogen-bond acceptors (Lipinski definition) is 6. The number of amides is 1. The van der Waals surface area contributed by atoms with Gasteiger partial charge in [0.2, 0.25) is 0 Å². The van der Waals surface area contributed by atoms with E-state index in [1.165, 1.54) is 12.1 Å². The summed E-state index contributed by atoms with van der Waals surface area (Å²) in [6.45, 7) is -2.13. The molecule has 20 heavy (non-hydrogen) atoms. The van der Waals surface area contributed by atoms with Crippen LogP contribution in [0.3, 0.4) is 0 Å². The summed E-state index contributed by atoms with van der Waals surface area (Å²) in [4.78, 5) is 22.0. The first-order valence-corrected chi connectivity index (χ1v) is 5.86. The summed E-state index contributed by atoms with van der Waals surface area (Å²) < 4.78 is 0. The molecule has 1 aromatic rings. The van der Waals surface area contributed by atoms with Crippen molar-refractivity contribution in [2.75, 3.05) is 19.8 Å². The van der Waals surface area contributed by atoms with Crippen molar-refractivity contribution in [2.45, 2.75) is 5.54 Å². The van der Waals surface area contributed by atoms with Gasteiger partial charge in [-0.15, -0.1) is 0 Å². The molecule has 0 saturated heterocycles. The number of aliphatic hydroxyl groups excluding tert-OH is 3. The fourth-order valence-corrected chi connectivity index (χ4v) is 1.69. The lowest BCUT2D eigenvalue weighted by Gasteiger charge is -2.28. The van der Waals surface area contributed by atoms with Crippen LogP contribution in [0.2, 0.25) is 5.02 Å². The molecule has 0 heterocycles. The van der Waals surface area contributed by atoms with E-state index < -0.39 is 41.9 Å². The molecule has 0 saturated carbocycles. The fraction of sp³-hybridized carbons (Fsp3) is 0.364. The van der Waals surface area contributed by atoms with Gasteiger partial charge in [0.15, 0.2) is 0 Å². The van der Waals surface area contributed by atoms with Crippen LogP contribution >= 0.6 is 11.6 Å². The number of halogens is 1. The summed E-state index contributed by atoms with van der Waals surface area (Å²) in [6.07, 6.45) is 0. The van der Waals surface area contributed by atoms with Gasteiger partial charge in [-0.05, 0) is 6.07 Å². The van der Waals surface area contributed by atoms with E-state index in [0.717, 1.165) is 6.07 Å². The minimum atomic E-state index is -1.63. The first kappa shape index (κ1) is 16.3. The Hall–Kier alpha value is -1.74. The van der Waals surface area contributed by atoms with Crippen LogP contribution in [0.5, 0.6) is 0 Å². The second-order valence-electron chi connectivity index (χ2n) is 4.10. The van der Waals surface area contributed by atoms with Crippen LogP contribution in [-0.2, 0) is 0 Å². The van der Waals surface area contributed by atoms with Gasteiger partial charge >= 0.3 is 0 Å². The van der Waals surface area contributed by atoms with E-state index in [2.05, 4.69) is 5.32 Å². The topological polar surface area (TPSA) is 133 Å². The van der Waals surface area contributed by atoms with E-state index in [9.17, 15) is 14.9 Å². The zero-order valence-corrected chi connectivity index (χ0v) is 11.0. The maximum atomic E-state index is 12.0. The van der Waals surface area contributed by atoms with Crippen LogP contribution in [0.25, 0.3) is 0 Å². The number of nitrogens with zero attached hydrogens (tertiary/aromatic N) is 1. The van der Waals surface area contributed by atoms with Crippen molar-refractivity contribution < 1.29 is 25.0 Å². The van der Waals surface area contributed by atoms with Crippen LogP contribution in [0.1, 0.15) is 10.4 Å². The van der Waals surface area contributed by atoms with Crippen LogP contribution in [0.4, 0.5) is 5.69 Å². The van der Waals surface area contributed by atoms with Crippen LogP contribution in [0, 0.1) is 10.1 Å². The van der Waals surface area contributed by atoms with Crippen molar-refractivity contribution in [1.82, 2.24) is 5.32 Å². The predicted octanol–water partition coefficient (Wildman–Crippen LogP) is -0.306. The van der Waals surface area contributed by atoms with Crippen molar-refractivity contribution in [3.05, 3.63) is 38.9 Å². The molecule has 9 heteroatoms. The summed E-state index contributed by atoms with van der Waals surface area (Å²) in [5.74, 6) is -0.851. The number of hydrogen-bond donors (Lipinski definition) is 4. The maximum Gasteiger partial charge on any atom is 0.288 e. The molecule has 0 spiro atoms. The Labute approximate surface area is 118 Å². The third-order valence-electron chi connectivity index (χ3n) is 2.71. The van der Waals surface area contributed by atoms with Crippen molar-refractivity contribution >= 4 is 23.2 Å². The number of carbonyl (C=O) groups is 1. The van der Waals surface area contributed by atoms with Crippen LogP contribution < -0.4 is 5.32 Å². The molecule has 8 nitrogen and oxygen atoms in total. The van der Waals surface area contributed by atoms with Crippen LogP contribution in [0.15, 0.2) is 18.2 Å². The fourth-order valence-electron chi connectivity index (χ4n) is 1.41. The molecule has 0 aliphatic carbocycles. The first-order chi connectivity index (χ1) is 9.40. The summed E-state index contributed by atoms with van der Waals surface area (Å²) in [6, 6.07) is 3.66. The van der Waals surface area contributed by atoms with Crippen molar-refractivity contribution in [3.63, 3.8) is 0 Å². The average Bonchev–Trinajstić information content (AvgIpc) is 2.44. The highest BCUT2D eigenvalue weighted by Gasteiger charge is 2.31. The van der Waals surface area contributed by atoms with Crippen LogP contribution in [-0.4, -0.2) is 51.5 Å². The van der Waals surface area contributed by atoms with Gasteiger partial charge in [-0.1, -0.05) is 17.7 Å². The molecule has 0 bridgehead atoms. The van der Waals surface area contributed by atoms with E-state index in [1.54, 1.807) is 0 Å². The molecule has 1 aromatic carbocycles. The minimum absolute atomic E-state index is 0.194. The standard InChI is InChI=1S/C11H13ClN2O6/c12-9-7(2-1-3-8(9)14(19)20)10(18)13-11(4-15,5-16)6-17/h1-3,15-17H,4-6H2,(H,13,18). The smallest absolute Gasteiger partial charge is 0.288 e. The van der Waals surface area contributed by atoms with Gasteiger partial charge in [0.25, 0.3) is 11.6 Å². The molecule has 0 aliphatic rings. The lowest BCUT2D eigenvalue weighted by Crippen LogP contribution is -2.57. The zero-order valence-electron chi connectivity index (χ0n) is 10.2. The number of nitro groups is 1. The molecule has 0 unspecified atom stereocenters. The second kappa shape index (κ2) is 6.62. The quantitative estimate of drug-likeness (QED) is 0.421. The highest BCUT2D eigenvalue weighted by Crippen LogP contribution is 2.27. The summed E-state index contributed by atoms with van der Waals surface area (Å²) >= 11 is 5.77. The number of aliphatic hydroxyl groups is 3. The molecular formula is C11H13ClN2O6. The van der Waals surface area contributed by atoms with Gasteiger partial charge < -0.3 is 20.6 Å². The van der Waals surface area contributed by atoms with Gasteiger partial charge in [-0.2, -0.15) is 0 Å². The van der Waals surface area contributed by atoms with Crippen molar-refractivity contribution in [2.24, 2.45) is 0 Å². The van der Waals surface area contributed by atoms with Crippen molar-refractivity contribution in [1.29, 1.82) is 0 Å². The van der Waals surface area contributed by atoms with Gasteiger partial charge in [0.05, 0.1) is 30.3 Å². The highest BCUT2D eigenvalue weighted by atomic mass is 35.5. The second-order valence-corrected chi connectivity index (χ2v) is 4.48. The molecule has 4 N–H and O–H groups in total. The Bertz CT molecular complexity index is 509. The van der Waals surface area contributed by atoms with Gasteiger partial charge in [-0.3, -0.25) is 14.9 Å². The van der Waals surface area contributed by atoms with Gasteiger partial charge in [0, 0.05) is 6.07 Å². The van der Waals surface area contributed by atoms with E-state index >= 15 is 0 Å². The number of nitrogens with one attached hydrogen (secondary N) is 1. The Morgan fingerprint density at radius 3 is 2.30 bits per heavy atom. The molecule has 1 rings (SSSR count). The molecule has 0 aliphatic heterocycles. The van der Waals surface area contributed by atoms with Gasteiger partial charge in [0.1, 0.15) is 10.6 Å². The van der Waals surface area contributed by atoms with Gasteiger partial charge in [-0.25, -0.2) is 0 Å². The largest absolute Gasteiger partial charge is 0.394 e. The molecule has 0 atom stereocenters.